The van der Waals surface area contributed by atoms with Crippen molar-refractivity contribution in [2.24, 2.45) is 0 Å². The van der Waals surface area contributed by atoms with Gasteiger partial charge in [0.25, 0.3) is 5.91 Å². The van der Waals surface area contributed by atoms with Crippen molar-refractivity contribution in [3.05, 3.63) is 22.6 Å². The summed E-state index contributed by atoms with van der Waals surface area (Å²) in [6.07, 6.45) is 3.26. The summed E-state index contributed by atoms with van der Waals surface area (Å²) in [5.41, 5.74) is 0.725. The van der Waals surface area contributed by atoms with E-state index in [9.17, 15) is 9.59 Å². The first-order valence-corrected chi connectivity index (χ1v) is 10.4. The van der Waals surface area contributed by atoms with Crippen LogP contribution in [0.5, 0.6) is 17.2 Å². The second kappa shape index (κ2) is 11.1. The van der Waals surface area contributed by atoms with Crippen molar-refractivity contribution in [3.8, 4) is 17.2 Å². The van der Waals surface area contributed by atoms with Gasteiger partial charge < -0.3 is 18.9 Å². The van der Waals surface area contributed by atoms with Crippen LogP contribution < -0.4 is 14.2 Å². The molecule has 158 valence electrons. The molecule has 1 aromatic carbocycles. The van der Waals surface area contributed by atoms with Crippen LogP contribution in [0.2, 0.25) is 0 Å². The van der Waals surface area contributed by atoms with E-state index in [0.29, 0.717) is 46.0 Å². The number of thioether (sulfide) groups is 1. The molecule has 0 unspecified atom stereocenters. The molecule has 1 saturated heterocycles. The Morgan fingerprint density at radius 2 is 1.83 bits per heavy atom. The summed E-state index contributed by atoms with van der Waals surface area (Å²) < 4.78 is 21.5. The Labute approximate surface area is 180 Å². The number of carbonyl (C=O) groups is 2. The van der Waals surface area contributed by atoms with Gasteiger partial charge in [0, 0.05) is 13.0 Å². The van der Waals surface area contributed by atoms with Crippen molar-refractivity contribution < 1.29 is 28.5 Å². The van der Waals surface area contributed by atoms with Crippen LogP contribution in [0.3, 0.4) is 0 Å². The van der Waals surface area contributed by atoms with Crippen LogP contribution in [0, 0.1) is 0 Å². The molecule has 1 fully saturated rings. The minimum atomic E-state index is -0.259. The van der Waals surface area contributed by atoms with Crippen LogP contribution in [0.15, 0.2) is 17.0 Å². The van der Waals surface area contributed by atoms with Crippen LogP contribution in [0.25, 0.3) is 6.08 Å². The van der Waals surface area contributed by atoms with Gasteiger partial charge in [0.2, 0.25) is 5.75 Å². The monoisotopic (exact) mass is 439 g/mol. The highest BCUT2D eigenvalue weighted by Gasteiger charge is 2.31. The molecule has 1 aliphatic rings. The molecule has 0 saturated carbocycles. The largest absolute Gasteiger partial charge is 0.493 e. The van der Waals surface area contributed by atoms with E-state index in [4.69, 9.17) is 31.2 Å². The van der Waals surface area contributed by atoms with Crippen molar-refractivity contribution in [1.29, 1.82) is 0 Å². The minimum Gasteiger partial charge on any atom is -0.493 e. The SMILES string of the molecule is CCCOC(=O)CCCN1C(=O)/C(=C/c2cc(OC)c(OC)c(OC)c2)SC1=S. The maximum absolute atomic E-state index is 12.7. The van der Waals surface area contributed by atoms with E-state index < -0.39 is 0 Å². The van der Waals surface area contributed by atoms with Crippen LogP contribution >= 0.6 is 24.0 Å². The molecule has 0 aromatic heterocycles. The molecule has 1 aromatic rings. The Morgan fingerprint density at radius 1 is 1.17 bits per heavy atom. The average molecular weight is 440 g/mol. The Morgan fingerprint density at radius 3 is 2.38 bits per heavy atom. The number of ether oxygens (including phenoxy) is 4. The number of methoxy groups -OCH3 is 3. The lowest BCUT2D eigenvalue weighted by atomic mass is 10.1. The van der Waals surface area contributed by atoms with Crippen LogP contribution in [-0.2, 0) is 14.3 Å². The van der Waals surface area contributed by atoms with Crippen molar-refractivity contribution in [2.75, 3.05) is 34.5 Å². The van der Waals surface area contributed by atoms with Gasteiger partial charge in [-0.3, -0.25) is 14.5 Å². The summed E-state index contributed by atoms with van der Waals surface area (Å²) >= 11 is 6.56. The molecule has 2 rings (SSSR count). The number of hydrogen-bond donors (Lipinski definition) is 0. The Bertz CT molecular complexity index is 783. The Kier molecular flexibility index (Phi) is 8.78. The summed E-state index contributed by atoms with van der Waals surface area (Å²) in [4.78, 5) is 26.4. The van der Waals surface area contributed by atoms with Gasteiger partial charge in [-0.15, -0.1) is 0 Å². The van der Waals surface area contributed by atoms with E-state index in [-0.39, 0.29) is 18.3 Å². The molecule has 0 bridgehead atoms. The maximum Gasteiger partial charge on any atom is 0.305 e. The lowest BCUT2D eigenvalue weighted by Gasteiger charge is -2.14. The molecule has 29 heavy (non-hydrogen) atoms. The van der Waals surface area contributed by atoms with E-state index in [1.807, 2.05) is 6.92 Å². The molecule has 1 amide bonds. The number of amides is 1. The van der Waals surface area contributed by atoms with E-state index >= 15 is 0 Å². The van der Waals surface area contributed by atoms with E-state index in [0.717, 1.165) is 12.0 Å². The predicted molar refractivity (Wildman–Crippen MR) is 116 cm³/mol. The molecule has 0 aliphatic carbocycles. The van der Waals surface area contributed by atoms with Crippen molar-refractivity contribution in [2.45, 2.75) is 26.2 Å². The molecule has 1 heterocycles. The molecular weight excluding hydrogens is 414 g/mol. The molecule has 9 heteroatoms. The van der Waals surface area contributed by atoms with Crippen molar-refractivity contribution in [3.63, 3.8) is 0 Å². The fourth-order valence-electron chi connectivity index (χ4n) is 2.70. The highest BCUT2D eigenvalue weighted by molar-refractivity contribution is 8.26. The summed E-state index contributed by atoms with van der Waals surface area (Å²) in [7, 11) is 4.60. The zero-order valence-electron chi connectivity index (χ0n) is 17.0. The van der Waals surface area contributed by atoms with E-state index in [2.05, 4.69) is 0 Å². The van der Waals surface area contributed by atoms with Gasteiger partial charge in [-0.2, -0.15) is 0 Å². The second-order valence-electron chi connectivity index (χ2n) is 6.12. The highest BCUT2D eigenvalue weighted by Crippen LogP contribution is 2.40. The summed E-state index contributed by atoms with van der Waals surface area (Å²) in [5.74, 6) is 1.04. The van der Waals surface area contributed by atoms with Crippen molar-refractivity contribution >= 4 is 46.3 Å². The third kappa shape index (κ3) is 5.86. The summed E-state index contributed by atoms with van der Waals surface area (Å²) in [6, 6.07) is 3.52. The lowest BCUT2D eigenvalue weighted by molar-refractivity contribution is -0.144. The van der Waals surface area contributed by atoms with Crippen LogP contribution in [0.4, 0.5) is 0 Å². The normalized spacial score (nSPS) is 15.0. The lowest BCUT2D eigenvalue weighted by Crippen LogP contribution is -2.29. The highest BCUT2D eigenvalue weighted by atomic mass is 32.2. The van der Waals surface area contributed by atoms with Gasteiger partial charge in [0.1, 0.15) is 4.32 Å². The first kappa shape index (κ1) is 23.0. The number of esters is 1. The molecular formula is C20H25NO6S2. The molecule has 0 spiro atoms. The fourth-order valence-corrected chi connectivity index (χ4v) is 4.01. The first-order valence-electron chi connectivity index (χ1n) is 9.16. The fraction of sp³-hybridized carbons (Fsp3) is 0.450. The van der Waals surface area contributed by atoms with Gasteiger partial charge in [-0.1, -0.05) is 30.9 Å². The number of nitrogens with zero attached hydrogens (tertiary/aromatic N) is 1. The van der Waals surface area contributed by atoms with Gasteiger partial charge >= 0.3 is 5.97 Å². The summed E-state index contributed by atoms with van der Waals surface area (Å²) in [6.45, 7) is 2.73. The third-order valence-corrected chi connectivity index (χ3v) is 5.47. The molecule has 0 atom stereocenters. The van der Waals surface area contributed by atoms with Crippen LogP contribution in [0.1, 0.15) is 31.7 Å². The number of rotatable bonds is 10. The topological polar surface area (TPSA) is 74.3 Å². The van der Waals surface area contributed by atoms with E-state index in [1.54, 1.807) is 18.2 Å². The second-order valence-corrected chi connectivity index (χ2v) is 7.79. The maximum atomic E-state index is 12.7. The van der Waals surface area contributed by atoms with E-state index in [1.165, 1.54) is 38.0 Å². The Balaban J connectivity index is 2.10. The molecule has 0 radical (unpaired) electrons. The number of thiocarbonyl (C=S) groups is 1. The average Bonchev–Trinajstić information content (AvgIpc) is 2.98. The first-order chi connectivity index (χ1) is 13.9. The van der Waals surface area contributed by atoms with Gasteiger partial charge in [0.05, 0.1) is 32.8 Å². The predicted octanol–water partition coefficient (Wildman–Crippen LogP) is 3.65. The molecule has 7 nitrogen and oxygen atoms in total. The zero-order valence-corrected chi connectivity index (χ0v) is 18.6. The smallest absolute Gasteiger partial charge is 0.305 e. The van der Waals surface area contributed by atoms with Gasteiger partial charge in [-0.25, -0.2) is 0 Å². The zero-order chi connectivity index (χ0) is 21.4. The van der Waals surface area contributed by atoms with Crippen molar-refractivity contribution in [1.82, 2.24) is 4.90 Å². The van der Waals surface area contributed by atoms with Gasteiger partial charge in [-0.05, 0) is 36.6 Å². The number of carbonyl (C=O) groups excluding carboxylic acids is 2. The summed E-state index contributed by atoms with van der Waals surface area (Å²) in [5, 5.41) is 0. The quantitative estimate of drug-likeness (QED) is 0.311. The van der Waals surface area contributed by atoms with Crippen LogP contribution in [-0.4, -0.2) is 55.6 Å². The number of benzene rings is 1. The number of hydrogen-bond acceptors (Lipinski definition) is 8. The Hall–Kier alpha value is -2.26. The standard InChI is InChI=1S/C20H25NO6S2/c1-5-9-27-17(22)7-6-8-21-19(23)16(29-20(21)28)12-13-10-14(24-2)18(26-4)15(11-13)25-3/h10-12H,5-9H2,1-4H3/b16-12-. The van der Waals surface area contributed by atoms with Gasteiger partial charge in [0.15, 0.2) is 11.5 Å². The minimum absolute atomic E-state index is 0.185. The molecule has 1 aliphatic heterocycles. The molecule has 0 N–H and O–H groups in total. The third-order valence-electron chi connectivity index (χ3n) is 4.09.